The van der Waals surface area contributed by atoms with Crippen LogP contribution in [-0.4, -0.2) is 6.04 Å². The second-order valence-corrected chi connectivity index (χ2v) is 1.77. The van der Waals surface area contributed by atoms with Gasteiger partial charge in [-0.1, -0.05) is 0 Å². The molecule has 0 bridgehead atoms. The summed E-state index contributed by atoms with van der Waals surface area (Å²) in [7, 11) is 0. The van der Waals surface area contributed by atoms with Gasteiger partial charge in [0.1, 0.15) is 0 Å². The summed E-state index contributed by atoms with van der Waals surface area (Å²) in [6.07, 6.45) is 4.68. The van der Waals surface area contributed by atoms with Crippen LogP contribution in [-0.2, 0) is 0 Å². The Morgan fingerprint density at radius 2 is 2.14 bits per heavy atom. The van der Waals surface area contributed by atoms with Crippen LogP contribution in [0, 0.1) is 0 Å². The fourth-order valence-corrected chi connectivity index (χ4v) is 0.481. The van der Waals surface area contributed by atoms with E-state index >= 15 is 0 Å². The molecule has 1 aliphatic carbocycles. The highest BCUT2D eigenvalue weighted by atomic mass is 35.5. The van der Waals surface area contributed by atoms with E-state index in [0.29, 0.717) is 0 Å². The van der Waals surface area contributed by atoms with Crippen molar-refractivity contribution in [3.8, 4) is 0 Å². The van der Waals surface area contributed by atoms with Crippen molar-refractivity contribution in [3.05, 3.63) is 12.8 Å². The van der Waals surface area contributed by atoms with Gasteiger partial charge in [0.25, 0.3) is 0 Å². The average Bonchev–Trinajstić information content (AvgIpc) is 2.21. The van der Waals surface area contributed by atoms with Gasteiger partial charge in [0.05, 0.1) is 12.2 Å². The summed E-state index contributed by atoms with van der Waals surface area (Å²) < 4.78 is 0. The Bertz CT molecular complexity index is 59.1. The van der Waals surface area contributed by atoms with E-state index in [-0.39, 0.29) is 12.4 Å². The van der Waals surface area contributed by atoms with E-state index in [0.717, 1.165) is 6.04 Å². The van der Waals surface area contributed by atoms with E-state index in [2.05, 4.69) is 11.9 Å². The van der Waals surface area contributed by atoms with E-state index in [4.69, 9.17) is 0 Å². The van der Waals surface area contributed by atoms with Crippen LogP contribution in [0.3, 0.4) is 0 Å². The van der Waals surface area contributed by atoms with Crippen molar-refractivity contribution < 1.29 is 17.7 Å². The summed E-state index contributed by atoms with van der Waals surface area (Å²) in [6.45, 7) is 3.59. The van der Waals surface area contributed by atoms with Crippen molar-refractivity contribution in [2.45, 2.75) is 18.9 Å². The van der Waals surface area contributed by atoms with Gasteiger partial charge in [0, 0.05) is 12.8 Å². The van der Waals surface area contributed by atoms with Crippen molar-refractivity contribution >= 4 is 0 Å². The Balaban J connectivity index is 0.000000360. The molecule has 0 spiro atoms. The SMILES string of the molecule is C=C[NH2+]C1CC1.[Cl-]. The predicted octanol–water partition coefficient (Wildman–Crippen LogP) is -3.14. The molecule has 1 saturated carbocycles. The van der Waals surface area contributed by atoms with Crippen molar-refractivity contribution in [1.82, 2.24) is 0 Å². The maximum atomic E-state index is 3.59. The minimum absolute atomic E-state index is 0. The smallest absolute Gasteiger partial charge is 0.0905 e. The zero-order valence-electron chi connectivity index (χ0n) is 4.23. The molecule has 0 unspecified atom stereocenters. The quantitative estimate of drug-likeness (QED) is 0.396. The highest BCUT2D eigenvalue weighted by Crippen LogP contribution is 2.12. The maximum absolute atomic E-state index is 3.59. The molecule has 0 atom stereocenters. The molecule has 0 saturated heterocycles. The Hall–Kier alpha value is -0.0100. The molecular weight excluding hydrogens is 110 g/mol. The van der Waals surface area contributed by atoms with Gasteiger partial charge in [-0.15, -0.1) is 0 Å². The molecule has 2 heteroatoms. The maximum Gasteiger partial charge on any atom is 0.0905 e. The third-order valence-electron chi connectivity index (χ3n) is 1.03. The normalized spacial score (nSPS) is 17.7. The molecule has 0 aromatic heterocycles. The number of nitrogens with two attached hydrogens (primary N) is 1. The third kappa shape index (κ3) is 2.66. The lowest BCUT2D eigenvalue weighted by Crippen LogP contribution is -3.00. The van der Waals surface area contributed by atoms with Crippen LogP contribution in [0.2, 0.25) is 0 Å². The van der Waals surface area contributed by atoms with Gasteiger partial charge in [0.2, 0.25) is 0 Å². The first-order valence-corrected chi connectivity index (χ1v) is 2.39. The highest BCUT2D eigenvalue weighted by molar-refractivity contribution is 4.70. The van der Waals surface area contributed by atoms with Crippen molar-refractivity contribution in [2.75, 3.05) is 0 Å². The van der Waals surface area contributed by atoms with Gasteiger partial charge in [0.15, 0.2) is 0 Å². The van der Waals surface area contributed by atoms with Crippen LogP contribution in [0.5, 0.6) is 0 Å². The Morgan fingerprint density at radius 1 is 1.57 bits per heavy atom. The van der Waals surface area contributed by atoms with Gasteiger partial charge in [-0.25, -0.2) is 0 Å². The second kappa shape index (κ2) is 3.05. The molecule has 0 aromatic carbocycles. The lowest BCUT2D eigenvalue weighted by molar-refractivity contribution is -0.601. The van der Waals surface area contributed by atoms with Crippen LogP contribution in [0.1, 0.15) is 12.8 Å². The van der Waals surface area contributed by atoms with Gasteiger partial charge in [-0.3, -0.25) is 0 Å². The number of halogens is 1. The van der Waals surface area contributed by atoms with E-state index < -0.39 is 0 Å². The first-order valence-electron chi connectivity index (χ1n) is 2.39. The first kappa shape index (κ1) is 6.99. The lowest BCUT2D eigenvalue weighted by atomic mass is 10.7. The minimum atomic E-state index is 0. The molecule has 1 nitrogen and oxygen atoms in total. The molecule has 0 heterocycles. The molecule has 0 radical (unpaired) electrons. The molecule has 1 fully saturated rings. The minimum Gasteiger partial charge on any atom is -1.00 e. The standard InChI is InChI=1S/C5H9N.ClH/c1-2-6-5-3-4-5;/h2,5-6H,1,3-4H2;1H. The third-order valence-corrected chi connectivity index (χ3v) is 1.03. The van der Waals surface area contributed by atoms with Crippen molar-refractivity contribution in [1.29, 1.82) is 0 Å². The largest absolute Gasteiger partial charge is 1.00 e. The van der Waals surface area contributed by atoms with Crippen LogP contribution in [0.4, 0.5) is 0 Å². The number of rotatable bonds is 2. The molecule has 0 amide bonds. The zero-order chi connectivity index (χ0) is 4.41. The highest BCUT2D eigenvalue weighted by Gasteiger charge is 2.23. The fourth-order valence-electron chi connectivity index (χ4n) is 0.481. The first-order chi connectivity index (χ1) is 2.93. The predicted molar refractivity (Wildman–Crippen MR) is 25.1 cm³/mol. The molecule has 0 aliphatic heterocycles. The topological polar surface area (TPSA) is 16.6 Å². The lowest BCUT2D eigenvalue weighted by Gasteiger charge is -1.80. The van der Waals surface area contributed by atoms with Crippen LogP contribution in [0.25, 0.3) is 0 Å². The van der Waals surface area contributed by atoms with Gasteiger partial charge < -0.3 is 17.7 Å². The van der Waals surface area contributed by atoms with E-state index in [9.17, 15) is 0 Å². The zero-order valence-corrected chi connectivity index (χ0v) is 4.99. The van der Waals surface area contributed by atoms with Crippen molar-refractivity contribution in [3.63, 3.8) is 0 Å². The summed E-state index contributed by atoms with van der Waals surface area (Å²) in [5.74, 6) is 0. The van der Waals surface area contributed by atoms with Gasteiger partial charge in [-0.05, 0) is 6.58 Å². The van der Waals surface area contributed by atoms with E-state index in [1.165, 1.54) is 12.8 Å². The Labute approximate surface area is 50.2 Å². The molecule has 1 rings (SSSR count). The molecule has 1 aliphatic rings. The molecule has 0 aromatic rings. The number of hydrogen-bond donors (Lipinski definition) is 1. The molecular formula is C5H10ClN. The van der Waals surface area contributed by atoms with Crippen LogP contribution >= 0.6 is 0 Å². The van der Waals surface area contributed by atoms with Crippen LogP contribution < -0.4 is 17.7 Å². The number of quaternary nitrogens is 1. The van der Waals surface area contributed by atoms with Gasteiger partial charge >= 0.3 is 0 Å². The molecule has 7 heavy (non-hydrogen) atoms. The van der Waals surface area contributed by atoms with Gasteiger partial charge in [-0.2, -0.15) is 0 Å². The summed E-state index contributed by atoms with van der Waals surface area (Å²) in [5, 5.41) is 2.17. The van der Waals surface area contributed by atoms with E-state index in [1.54, 1.807) is 0 Å². The summed E-state index contributed by atoms with van der Waals surface area (Å²) in [5.41, 5.74) is 0. The Morgan fingerprint density at radius 3 is 2.29 bits per heavy atom. The average molecular weight is 120 g/mol. The van der Waals surface area contributed by atoms with Crippen LogP contribution in [0.15, 0.2) is 12.8 Å². The summed E-state index contributed by atoms with van der Waals surface area (Å²) >= 11 is 0. The summed E-state index contributed by atoms with van der Waals surface area (Å²) in [4.78, 5) is 0. The molecule has 2 N–H and O–H groups in total. The van der Waals surface area contributed by atoms with Crippen molar-refractivity contribution in [2.24, 2.45) is 0 Å². The number of hydrogen-bond acceptors (Lipinski definition) is 0. The molecule has 42 valence electrons. The Kier molecular flexibility index (Phi) is 3.05. The fraction of sp³-hybridized carbons (Fsp3) is 0.600. The summed E-state index contributed by atoms with van der Waals surface area (Å²) in [6, 6.07) is 0.905. The second-order valence-electron chi connectivity index (χ2n) is 1.77. The monoisotopic (exact) mass is 119 g/mol. The van der Waals surface area contributed by atoms with E-state index in [1.807, 2.05) is 6.20 Å².